The third kappa shape index (κ3) is 2.29. The number of hydrogen-bond acceptors (Lipinski definition) is 3. The molecule has 3 N–H and O–H groups in total. The predicted octanol–water partition coefficient (Wildman–Crippen LogP) is 2.02. The van der Waals surface area contributed by atoms with Crippen molar-refractivity contribution >= 4 is 6.08 Å². The molecule has 2 aliphatic rings. The van der Waals surface area contributed by atoms with Gasteiger partial charge in [-0.15, -0.1) is 0 Å². The number of fused-ring (bicyclic) bond motifs is 1. The number of hydrogen-bond donors (Lipinski definition) is 2. The Morgan fingerprint density at radius 3 is 3.06 bits per heavy atom. The largest absolute Gasteiger partial charge is 0.490 e. The molecule has 1 heterocycles. The molecule has 0 amide bonds. The minimum Gasteiger partial charge on any atom is -0.490 e. The Morgan fingerprint density at radius 2 is 2.24 bits per heavy atom. The monoisotopic (exact) mass is 230 g/mol. The summed E-state index contributed by atoms with van der Waals surface area (Å²) in [6.07, 6.45) is 7.52. The van der Waals surface area contributed by atoms with Gasteiger partial charge in [-0.1, -0.05) is 6.07 Å². The van der Waals surface area contributed by atoms with Gasteiger partial charge in [-0.05, 0) is 54.8 Å². The lowest BCUT2D eigenvalue weighted by atomic mass is 10.1. The highest BCUT2D eigenvalue weighted by Crippen LogP contribution is 2.26. The van der Waals surface area contributed by atoms with Crippen molar-refractivity contribution in [1.82, 2.24) is 5.32 Å². The van der Waals surface area contributed by atoms with Gasteiger partial charge in [0.1, 0.15) is 11.9 Å². The first-order chi connectivity index (χ1) is 8.31. The zero-order valence-electron chi connectivity index (χ0n) is 9.86. The molecule has 0 radical (unpaired) electrons. The van der Waals surface area contributed by atoms with Crippen LogP contribution in [0.4, 0.5) is 0 Å². The van der Waals surface area contributed by atoms with Crippen molar-refractivity contribution < 1.29 is 4.74 Å². The molecule has 0 bridgehead atoms. The summed E-state index contributed by atoms with van der Waals surface area (Å²) in [5.41, 5.74) is 8.47. The van der Waals surface area contributed by atoms with Crippen LogP contribution in [-0.4, -0.2) is 12.1 Å². The van der Waals surface area contributed by atoms with Gasteiger partial charge in [0.15, 0.2) is 0 Å². The van der Waals surface area contributed by atoms with E-state index in [0.717, 1.165) is 31.6 Å². The van der Waals surface area contributed by atoms with Crippen molar-refractivity contribution in [3.8, 4) is 5.75 Å². The molecule has 1 aliphatic heterocycles. The first-order valence-electron chi connectivity index (χ1n) is 6.26. The fourth-order valence-corrected chi connectivity index (χ4v) is 2.55. The molecule has 0 saturated heterocycles. The molecule has 2 atom stereocenters. The van der Waals surface area contributed by atoms with E-state index in [1.165, 1.54) is 11.1 Å². The van der Waals surface area contributed by atoms with E-state index in [2.05, 4.69) is 29.6 Å². The maximum absolute atomic E-state index is 5.98. The number of rotatable bonds is 2. The zero-order valence-corrected chi connectivity index (χ0v) is 9.86. The molecule has 0 unspecified atom stereocenters. The van der Waals surface area contributed by atoms with Crippen molar-refractivity contribution in [2.45, 2.75) is 38.0 Å². The third-order valence-corrected chi connectivity index (χ3v) is 3.52. The van der Waals surface area contributed by atoms with Crippen LogP contribution >= 0.6 is 0 Å². The van der Waals surface area contributed by atoms with Gasteiger partial charge in [-0.25, -0.2) is 0 Å². The van der Waals surface area contributed by atoms with E-state index < -0.39 is 0 Å². The van der Waals surface area contributed by atoms with E-state index in [-0.39, 0.29) is 0 Å². The Kier molecular flexibility index (Phi) is 2.77. The molecule has 0 spiro atoms. The van der Waals surface area contributed by atoms with E-state index >= 15 is 0 Å². The normalized spacial score (nSPS) is 26.4. The molecule has 1 saturated carbocycles. The Hall–Kier alpha value is -1.48. The van der Waals surface area contributed by atoms with E-state index in [4.69, 9.17) is 10.5 Å². The average molecular weight is 230 g/mol. The molecule has 3 heteroatoms. The Balaban J connectivity index is 1.74. The summed E-state index contributed by atoms with van der Waals surface area (Å²) >= 11 is 0. The van der Waals surface area contributed by atoms with Gasteiger partial charge >= 0.3 is 0 Å². The molecule has 17 heavy (non-hydrogen) atoms. The Labute approximate surface area is 102 Å². The lowest BCUT2D eigenvalue weighted by Gasteiger charge is -2.17. The van der Waals surface area contributed by atoms with Crippen LogP contribution in [0.2, 0.25) is 0 Å². The Bertz CT molecular complexity index is 442. The molecule has 3 rings (SSSR count). The quantitative estimate of drug-likeness (QED) is 0.817. The van der Waals surface area contributed by atoms with Gasteiger partial charge in [0, 0.05) is 12.6 Å². The summed E-state index contributed by atoms with van der Waals surface area (Å²) in [5, 5.41) is 3.20. The number of nitrogens with two attached hydrogens (primary N) is 1. The van der Waals surface area contributed by atoms with Crippen LogP contribution < -0.4 is 15.8 Å². The zero-order chi connectivity index (χ0) is 11.7. The van der Waals surface area contributed by atoms with Gasteiger partial charge in [0.05, 0.1) is 0 Å². The van der Waals surface area contributed by atoms with Crippen molar-refractivity contribution in [2.75, 3.05) is 0 Å². The van der Waals surface area contributed by atoms with Gasteiger partial charge < -0.3 is 15.8 Å². The van der Waals surface area contributed by atoms with Crippen LogP contribution in [0.25, 0.3) is 6.08 Å². The molecule has 0 aromatic heterocycles. The Morgan fingerprint density at radius 1 is 1.29 bits per heavy atom. The molecular formula is C14H18N2O. The summed E-state index contributed by atoms with van der Waals surface area (Å²) < 4.78 is 5.98. The lowest BCUT2D eigenvalue weighted by Crippen LogP contribution is -2.19. The van der Waals surface area contributed by atoms with Crippen LogP contribution in [0.3, 0.4) is 0 Å². The molecule has 90 valence electrons. The summed E-state index contributed by atoms with van der Waals surface area (Å²) in [4.78, 5) is 0. The van der Waals surface area contributed by atoms with Crippen molar-refractivity contribution in [3.63, 3.8) is 0 Å². The second-order valence-corrected chi connectivity index (χ2v) is 4.89. The third-order valence-electron chi connectivity index (χ3n) is 3.52. The number of nitrogens with one attached hydrogen (secondary N) is 1. The first kappa shape index (κ1) is 10.7. The molecule has 1 fully saturated rings. The standard InChI is InChI=1S/C14H18N2O/c15-12-2-4-14(8-12)17-13-3-1-11-9-16-6-5-10(11)7-13/h1,3,5-7,12,14,16H,2,4,8-9,15H2/t12-,14-/m0/s1. The number of ether oxygens (including phenoxy) is 1. The smallest absolute Gasteiger partial charge is 0.120 e. The van der Waals surface area contributed by atoms with Crippen molar-refractivity contribution in [2.24, 2.45) is 5.73 Å². The van der Waals surface area contributed by atoms with Gasteiger partial charge in [-0.2, -0.15) is 0 Å². The molecule has 1 aromatic rings. The van der Waals surface area contributed by atoms with Gasteiger partial charge in [-0.3, -0.25) is 0 Å². The molecule has 1 aromatic carbocycles. The highest BCUT2D eigenvalue weighted by atomic mass is 16.5. The van der Waals surface area contributed by atoms with Crippen molar-refractivity contribution in [1.29, 1.82) is 0 Å². The summed E-state index contributed by atoms with van der Waals surface area (Å²) in [7, 11) is 0. The maximum Gasteiger partial charge on any atom is 0.120 e. The molecule has 1 aliphatic carbocycles. The second kappa shape index (κ2) is 4.41. The highest BCUT2D eigenvalue weighted by molar-refractivity contribution is 5.57. The maximum atomic E-state index is 5.98. The van der Waals surface area contributed by atoms with E-state index in [1.807, 2.05) is 6.20 Å². The topological polar surface area (TPSA) is 47.3 Å². The van der Waals surface area contributed by atoms with Gasteiger partial charge in [0.2, 0.25) is 0 Å². The van der Waals surface area contributed by atoms with Crippen LogP contribution in [0.5, 0.6) is 5.75 Å². The summed E-state index contributed by atoms with van der Waals surface area (Å²) in [6, 6.07) is 6.64. The summed E-state index contributed by atoms with van der Waals surface area (Å²) in [5.74, 6) is 0.967. The van der Waals surface area contributed by atoms with E-state index in [1.54, 1.807) is 0 Å². The lowest BCUT2D eigenvalue weighted by molar-refractivity contribution is 0.208. The minimum absolute atomic E-state index is 0.300. The fraction of sp³-hybridized carbons (Fsp3) is 0.429. The van der Waals surface area contributed by atoms with Crippen LogP contribution in [-0.2, 0) is 6.54 Å². The van der Waals surface area contributed by atoms with Crippen molar-refractivity contribution in [3.05, 3.63) is 35.5 Å². The molecule has 3 nitrogen and oxygen atoms in total. The highest BCUT2D eigenvalue weighted by Gasteiger charge is 2.23. The first-order valence-corrected chi connectivity index (χ1v) is 6.26. The molecular weight excluding hydrogens is 212 g/mol. The predicted molar refractivity (Wildman–Crippen MR) is 68.6 cm³/mol. The minimum atomic E-state index is 0.300. The van der Waals surface area contributed by atoms with Crippen LogP contribution in [0, 0.1) is 0 Å². The van der Waals surface area contributed by atoms with Gasteiger partial charge in [0.25, 0.3) is 0 Å². The van der Waals surface area contributed by atoms with E-state index in [9.17, 15) is 0 Å². The van der Waals surface area contributed by atoms with Crippen LogP contribution in [0.15, 0.2) is 24.4 Å². The number of benzene rings is 1. The van der Waals surface area contributed by atoms with Crippen LogP contribution in [0.1, 0.15) is 30.4 Å². The second-order valence-electron chi connectivity index (χ2n) is 4.89. The summed E-state index contributed by atoms with van der Waals surface area (Å²) in [6.45, 7) is 0.903. The SMILES string of the molecule is N[C@H]1CC[C@H](Oc2ccc3c(c2)C=CNC3)C1. The average Bonchev–Trinajstić information content (AvgIpc) is 2.75. The fourth-order valence-electron chi connectivity index (χ4n) is 2.55. The van der Waals surface area contributed by atoms with E-state index in [0.29, 0.717) is 12.1 Å².